The van der Waals surface area contributed by atoms with Crippen LogP contribution in [0.5, 0.6) is 0 Å². The number of furan rings is 1. The first-order valence-electron chi connectivity index (χ1n) is 9.68. The smallest absolute Gasteiger partial charge is 0.262 e. The number of nitrogens with zero attached hydrogens (tertiary/aromatic N) is 2. The topological polar surface area (TPSA) is 77.1 Å². The quantitative estimate of drug-likeness (QED) is 0.356. The van der Waals surface area contributed by atoms with E-state index in [1.54, 1.807) is 29.0 Å². The van der Waals surface area contributed by atoms with E-state index in [0.717, 1.165) is 17.7 Å². The van der Waals surface area contributed by atoms with Crippen LogP contribution in [0.15, 0.2) is 81.3 Å². The molecule has 0 unspecified atom stereocenters. The molecule has 0 atom stereocenters. The molecule has 0 spiro atoms. The van der Waals surface area contributed by atoms with E-state index in [1.165, 1.54) is 11.8 Å². The fourth-order valence-electron chi connectivity index (χ4n) is 3.22. The molecule has 0 bridgehead atoms. The summed E-state index contributed by atoms with van der Waals surface area (Å²) < 4.78 is 6.97. The SMILES string of the molecule is CCc1ccccc1NC(=O)CSc1nc2ccccc2c(=O)n1Cc1ccco1. The van der Waals surface area contributed by atoms with E-state index in [4.69, 9.17) is 4.42 Å². The minimum Gasteiger partial charge on any atom is -0.467 e. The van der Waals surface area contributed by atoms with Gasteiger partial charge in [0, 0.05) is 5.69 Å². The lowest BCUT2D eigenvalue weighted by Gasteiger charge is -2.13. The van der Waals surface area contributed by atoms with Gasteiger partial charge >= 0.3 is 0 Å². The number of carbonyl (C=O) groups is 1. The number of aryl methyl sites for hydroxylation is 1. The van der Waals surface area contributed by atoms with Gasteiger partial charge in [0.05, 0.1) is 29.5 Å². The largest absolute Gasteiger partial charge is 0.467 e. The first-order valence-corrected chi connectivity index (χ1v) is 10.7. The first kappa shape index (κ1) is 20.0. The van der Waals surface area contributed by atoms with Crippen LogP contribution in [-0.4, -0.2) is 21.2 Å². The average Bonchev–Trinajstić information content (AvgIpc) is 3.28. The summed E-state index contributed by atoms with van der Waals surface area (Å²) in [6, 6.07) is 18.5. The first-order chi connectivity index (χ1) is 14.7. The molecule has 0 saturated carbocycles. The van der Waals surface area contributed by atoms with Crippen molar-refractivity contribution in [1.29, 1.82) is 0 Å². The molecule has 0 aliphatic heterocycles. The van der Waals surface area contributed by atoms with E-state index >= 15 is 0 Å². The maximum absolute atomic E-state index is 13.1. The monoisotopic (exact) mass is 419 g/mol. The van der Waals surface area contributed by atoms with Crippen molar-refractivity contribution in [3.8, 4) is 0 Å². The summed E-state index contributed by atoms with van der Waals surface area (Å²) in [6.07, 6.45) is 2.40. The summed E-state index contributed by atoms with van der Waals surface area (Å²) in [6.45, 7) is 2.30. The molecule has 0 aliphatic rings. The summed E-state index contributed by atoms with van der Waals surface area (Å²) in [5.41, 5.74) is 2.34. The zero-order valence-electron chi connectivity index (χ0n) is 16.5. The number of anilines is 1. The van der Waals surface area contributed by atoms with Gasteiger partial charge in [0.2, 0.25) is 5.91 Å². The third-order valence-corrected chi connectivity index (χ3v) is 5.70. The van der Waals surface area contributed by atoms with Gasteiger partial charge in [0.15, 0.2) is 5.16 Å². The Hall–Kier alpha value is -3.32. The van der Waals surface area contributed by atoms with Gasteiger partial charge in [-0.15, -0.1) is 0 Å². The maximum Gasteiger partial charge on any atom is 0.262 e. The number of fused-ring (bicyclic) bond motifs is 1. The Morgan fingerprint density at radius 3 is 2.70 bits per heavy atom. The number of benzene rings is 2. The van der Waals surface area contributed by atoms with Gasteiger partial charge in [0.25, 0.3) is 5.56 Å². The maximum atomic E-state index is 13.1. The fraction of sp³-hybridized carbons (Fsp3) is 0.174. The second-order valence-corrected chi connectivity index (χ2v) is 7.67. The van der Waals surface area contributed by atoms with Crippen LogP contribution < -0.4 is 10.9 Å². The number of para-hydroxylation sites is 2. The third kappa shape index (κ3) is 4.31. The van der Waals surface area contributed by atoms with Crippen molar-refractivity contribution in [1.82, 2.24) is 9.55 Å². The van der Waals surface area contributed by atoms with Crippen molar-refractivity contribution < 1.29 is 9.21 Å². The van der Waals surface area contributed by atoms with E-state index in [-0.39, 0.29) is 23.8 Å². The second-order valence-electron chi connectivity index (χ2n) is 6.73. The standard InChI is InChI=1S/C23H21N3O3S/c1-2-16-8-3-5-11-19(16)24-21(27)15-30-23-25-20-12-6-4-10-18(20)22(28)26(23)14-17-9-7-13-29-17/h3-13H,2,14-15H2,1H3,(H,24,27). The summed E-state index contributed by atoms with van der Waals surface area (Å²) in [5.74, 6) is 0.645. The molecule has 4 rings (SSSR count). The van der Waals surface area contributed by atoms with Crippen LogP contribution in [0.2, 0.25) is 0 Å². The van der Waals surface area contributed by atoms with Crippen molar-refractivity contribution >= 4 is 34.3 Å². The van der Waals surface area contributed by atoms with Crippen LogP contribution in [0, 0.1) is 0 Å². The van der Waals surface area contributed by atoms with Gasteiger partial charge in [-0.2, -0.15) is 0 Å². The predicted octanol–water partition coefficient (Wildman–Crippen LogP) is 4.33. The highest BCUT2D eigenvalue weighted by atomic mass is 32.2. The number of amides is 1. The molecule has 0 radical (unpaired) electrons. The average molecular weight is 420 g/mol. The number of carbonyl (C=O) groups excluding carboxylic acids is 1. The molecular formula is C23H21N3O3S. The summed E-state index contributed by atoms with van der Waals surface area (Å²) in [5, 5.41) is 3.97. The Kier molecular flexibility index (Phi) is 5.99. The molecule has 6 nitrogen and oxygen atoms in total. The van der Waals surface area contributed by atoms with E-state index in [1.807, 2.05) is 49.4 Å². The van der Waals surface area contributed by atoms with Crippen molar-refractivity contribution in [3.05, 3.63) is 88.6 Å². The Morgan fingerprint density at radius 1 is 1.10 bits per heavy atom. The molecule has 0 fully saturated rings. The highest BCUT2D eigenvalue weighted by molar-refractivity contribution is 7.99. The molecule has 7 heteroatoms. The molecule has 30 heavy (non-hydrogen) atoms. The molecule has 2 heterocycles. The van der Waals surface area contributed by atoms with Crippen molar-refractivity contribution in [3.63, 3.8) is 0 Å². The number of hydrogen-bond donors (Lipinski definition) is 1. The lowest BCUT2D eigenvalue weighted by molar-refractivity contribution is -0.113. The second kappa shape index (κ2) is 9.00. The Labute approximate surface area is 177 Å². The Morgan fingerprint density at radius 2 is 1.90 bits per heavy atom. The molecule has 4 aromatic rings. The molecule has 1 amide bonds. The number of thioether (sulfide) groups is 1. The van der Waals surface area contributed by atoms with Crippen LogP contribution in [0.3, 0.4) is 0 Å². The minimum atomic E-state index is -0.156. The highest BCUT2D eigenvalue weighted by Crippen LogP contribution is 2.21. The van der Waals surface area contributed by atoms with Crippen LogP contribution >= 0.6 is 11.8 Å². The lowest BCUT2D eigenvalue weighted by atomic mass is 10.1. The Balaban J connectivity index is 1.59. The molecule has 1 N–H and O–H groups in total. The van der Waals surface area contributed by atoms with Gasteiger partial charge < -0.3 is 9.73 Å². The van der Waals surface area contributed by atoms with E-state index in [9.17, 15) is 9.59 Å². The van der Waals surface area contributed by atoms with Crippen LogP contribution in [-0.2, 0) is 17.8 Å². The zero-order chi connectivity index (χ0) is 20.9. The fourth-order valence-corrected chi connectivity index (χ4v) is 4.02. The molecular weight excluding hydrogens is 398 g/mol. The predicted molar refractivity (Wildman–Crippen MR) is 119 cm³/mol. The van der Waals surface area contributed by atoms with E-state index in [2.05, 4.69) is 10.3 Å². The van der Waals surface area contributed by atoms with Gasteiger partial charge in [-0.25, -0.2) is 4.98 Å². The number of hydrogen-bond acceptors (Lipinski definition) is 5. The summed E-state index contributed by atoms with van der Waals surface area (Å²) in [7, 11) is 0. The van der Waals surface area contributed by atoms with Gasteiger partial charge in [-0.05, 0) is 42.3 Å². The summed E-state index contributed by atoms with van der Waals surface area (Å²) in [4.78, 5) is 30.3. The Bertz CT molecular complexity index is 1230. The lowest BCUT2D eigenvalue weighted by Crippen LogP contribution is -2.24. The third-order valence-electron chi connectivity index (χ3n) is 4.73. The van der Waals surface area contributed by atoms with Crippen molar-refractivity contribution in [2.75, 3.05) is 11.1 Å². The number of rotatable bonds is 7. The highest BCUT2D eigenvalue weighted by Gasteiger charge is 2.15. The molecule has 152 valence electrons. The van der Waals surface area contributed by atoms with Gasteiger partial charge in [-0.1, -0.05) is 49.0 Å². The minimum absolute atomic E-state index is 0.140. The van der Waals surface area contributed by atoms with Gasteiger partial charge in [-0.3, -0.25) is 14.2 Å². The van der Waals surface area contributed by atoms with Crippen molar-refractivity contribution in [2.24, 2.45) is 0 Å². The van der Waals surface area contributed by atoms with Crippen LogP contribution in [0.1, 0.15) is 18.2 Å². The van der Waals surface area contributed by atoms with Crippen LogP contribution in [0.4, 0.5) is 5.69 Å². The normalized spacial score (nSPS) is 11.0. The molecule has 2 aromatic heterocycles. The summed E-state index contributed by atoms with van der Waals surface area (Å²) >= 11 is 1.24. The van der Waals surface area contributed by atoms with Gasteiger partial charge in [0.1, 0.15) is 5.76 Å². The van der Waals surface area contributed by atoms with E-state index < -0.39 is 0 Å². The number of aromatic nitrogens is 2. The zero-order valence-corrected chi connectivity index (χ0v) is 17.3. The van der Waals surface area contributed by atoms with Crippen molar-refractivity contribution in [2.45, 2.75) is 25.0 Å². The van der Waals surface area contributed by atoms with E-state index in [0.29, 0.717) is 21.8 Å². The molecule has 2 aromatic carbocycles. The molecule has 0 saturated heterocycles. The molecule has 0 aliphatic carbocycles. The number of nitrogens with one attached hydrogen (secondary N) is 1. The van der Waals surface area contributed by atoms with Crippen LogP contribution in [0.25, 0.3) is 10.9 Å².